The first-order valence-corrected chi connectivity index (χ1v) is 8.18. The lowest BCUT2D eigenvalue weighted by atomic mass is 9.97. The molecule has 2 aromatic rings. The Morgan fingerprint density at radius 2 is 2.09 bits per heavy atom. The number of para-hydroxylation sites is 1. The van der Waals surface area contributed by atoms with Gasteiger partial charge in [0, 0.05) is 17.1 Å². The van der Waals surface area contributed by atoms with Crippen molar-refractivity contribution >= 4 is 28.1 Å². The van der Waals surface area contributed by atoms with Gasteiger partial charge >= 0.3 is 0 Å². The van der Waals surface area contributed by atoms with E-state index >= 15 is 0 Å². The van der Waals surface area contributed by atoms with Crippen LogP contribution in [-0.2, 0) is 0 Å². The number of carbonyl (C=O) groups is 1. The average molecular weight is 332 g/mol. The number of benzene rings is 1. The van der Waals surface area contributed by atoms with E-state index in [0.29, 0.717) is 11.0 Å². The third-order valence-electron chi connectivity index (χ3n) is 3.83. The molecule has 8 heteroatoms. The molecule has 1 aromatic carbocycles. The zero-order valence-electron chi connectivity index (χ0n) is 12.3. The number of hydrogen-bond acceptors (Lipinski definition) is 6. The molecule has 1 saturated heterocycles. The molecule has 0 saturated carbocycles. The van der Waals surface area contributed by atoms with Crippen molar-refractivity contribution in [3.05, 3.63) is 51.0 Å². The topological polar surface area (TPSA) is 97.2 Å². The number of piperidine rings is 1. The minimum absolute atomic E-state index is 0.0381. The second kappa shape index (κ2) is 6.84. The third-order valence-corrected chi connectivity index (χ3v) is 4.91. The molecule has 23 heavy (non-hydrogen) atoms. The summed E-state index contributed by atoms with van der Waals surface area (Å²) in [5.41, 5.74) is -0.170. The van der Waals surface area contributed by atoms with Crippen molar-refractivity contribution in [2.45, 2.75) is 18.8 Å². The van der Waals surface area contributed by atoms with Gasteiger partial charge in [-0.05, 0) is 37.9 Å². The molecule has 1 aromatic heterocycles. The fourth-order valence-corrected chi connectivity index (χ4v) is 3.61. The number of nitrogens with one attached hydrogen (secondary N) is 2. The first kappa shape index (κ1) is 15.6. The van der Waals surface area contributed by atoms with E-state index in [1.807, 2.05) is 0 Å². The summed E-state index contributed by atoms with van der Waals surface area (Å²) >= 11 is 1.44. The van der Waals surface area contributed by atoms with Crippen molar-refractivity contribution < 1.29 is 9.72 Å². The van der Waals surface area contributed by atoms with E-state index in [2.05, 4.69) is 15.6 Å². The number of amides is 1. The maximum Gasteiger partial charge on any atom is 0.282 e. The highest BCUT2D eigenvalue weighted by Crippen LogP contribution is 2.32. The molecule has 2 heterocycles. The van der Waals surface area contributed by atoms with Crippen molar-refractivity contribution in [2.24, 2.45) is 0 Å². The number of nitro benzene ring substituents is 1. The molecule has 0 aliphatic carbocycles. The molecule has 1 aliphatic heterocycles. The number of thiazole rings is 1. The van der Waals surface area contributed by atoms with E-state index in [1.165, 1.54) is 29.5 Å². The summed E-state index contributed by atoms with van der Waals surface area (Å²) in [5, 5.41) is 17.4. The van der Waals surface area contributed by atoms with E-state index in [4.69, 9.17) is 0 Å². The van der Waals surface area contributed by atoms with Crippen LogP contribution >= 0.6 is 11.3 Å². The van der Waals surface area contributed by atoms with Crippen molar-refractivity contribution in [3.8, 4) is 0 Å². The monoisotopic (exact) mass is 332 g/mol. The van der Waals surface area contributed by atoms with Crippen LogP contribution in [0, 0.1) is 10.1 Å². The van der Waals surface area contributed by atoms with E-state index in [1.54, 1.807) is 12.3 Å². The maximum absolute atomic E-state index is 12.3. The van der Waals surface area contributed by atoms with Crippen LogP contribution in [0.3, 0.4) is 0 Å². The quantitative estimate of drug-likeness (QED) is 0.663. The first-order valence-electron chi connectivity index (χ1n) is 7.36. The fourth-order valence-electron chi connectivity index (χ4n) is 2.63. The third kappa shape index (κ3) is 3.54. The second-order valence-corrected chi connectivity index (χ2v) is 6.38. The van der Waals surface area contributed by atoms with Crippen molar-refractivity contribution in [1.29, 1.82) is 0 Å². The SMILES string of the molecule is O=C(Nc1ncc(C2CCNCC2)s1)c1ccccc1[N+](=O)[O-]. The zero-order valence-corrected chi connectivity index (χ0v) is 13.1. The second-order valence-electron chi connectivity index (χ2n) is 5.32. The summed E-state index contributed by atoms with van der Waals surface area (Å²) in [7, 11) is 0. The first-order chi connectivity index (χ1) is 11.1. The number of hydrogen-bond donors (Lipinski definition) is 2. The summed E-state index contributed by atoms with van der Waals surface area (Å²) in [5.74, 6) is -0.0472. The number of anilines is 1. The molecule has 0 atom stereocenters. The van der Waals surface area contributed by atoms with Gasteiger partial charge in [-0.1, -0.05) is 12.1 Å². The Kier molecular flexibility index (Phi) is 4.63. The summed E-state index contributed by atoms with van der Waals surface area (Å²) in [6, 6.07) is 5.89. The number of nitro groups is 1. The molecule has 3 rings (SSSR count). The van der Waals surface area contributed by atoms with Gasteiger partial charge in [-0.3, -0.25) is 20.2 Å². The summed E-state index contributed by atoms with van der Waals surface area (Å²) in [4.78, 5) is 28.1. The van der Waals surface area contributed by atoms with Gasteiger partial charge in [0.25, 0.3) is 11.6 Å². The van der Waals surface area contributed by atoms with Gasteiger partial charge in [-0.15, -0.1) is 11.3 Å². The van der Waals surface area contributed by atoms with E-state index in [-0.39, 0.29) is 11.3 Å². The smallest absolute Gasteiger partial charge is 0.282 e. The number of aromatic nitrogens is 1. The van der Waals surface area contributed by atoms with Gasteiger partial charge in [0.1, 0.15) is 5.56 Å². The highest BCUT2D eigenvalue weighted by molar-refractivity contribution is 7.15. The summed E-state index contributed by atoms with van der Waals surface area (Å²) < 4.78 is 0. The Hall–Kier alpha value is -2.32. The summed E-state index contributed by atoms with van der Waals surface area (Å²) in [6.45, 7) is 1.97. The molecular weight excluding hydrogens is 316 g/mol. The van der Waals surface area contributed by atoms with Crippen LogP contribution in [0.2, 0.25) is 0 Å². The van der Waals surface area contributed by atoms with Gasteiger partial charge in [-0.2, -0.15) is 0 Å². The number of nitrogens with zero attached hydrogens (tertiary/aromatic N) is 2. The van der Waals surface area contributed by atoms with Crippen LogP contribution in [0.4, 0.5) is 10.8 Å². The van der Waals surface area contributed by atoms with Gasteiger partial charge in [-0.25, -0.2) is 4.98 Å². The minimum Gasteiger partial charge on any atom is -0.317 e. The van der Waals surface area contributed by atoms with Crippen molar-refractivity contribution in [1.82, 2.24) is 10.3 Å². The summed E-state index contributed by atoms with van der Waals surface area (Å²) in [6.07, 6.45) is 3.90. The molecule has 1 aliphatic rings. The molecule has 0 radical (unpaired) electrons. The molecule has 0 bridgehead atoms. The lowest BCUT2D eigenvalue weighted by molar-refractivity contribution is -0.385. The standard InChI is InChI=1S/C15H16N4O3S/c20-14(11-3-1-2-4-12(11)19(21)22)18-15-17-9-13(23-15)10-5-7-16-8-6-10/h1-4,9-10,16H,5-8H2,(H,17,18,20). The highest BCUT2D eigenvalue weighted by Gasteiger charge is 2.21. The Bertz CT molecular complexity index is 725. The minimum atomic E-state index is -0.558. The van der Waals surface area contributed by atoms with E-state index in [9.17, 15) is 14.9 Å². The van der Waals surface area contributed by atoms with Crippen LogP contribution in [0.25, 0.3) is 0 Å². The molecule has 2 N–H and O–H groups in total. The van der Waals surface area contributed by atoms with Crippen LogP contribution < -0.4 is 10.6 Å². The van der Waals surface area contributed by atoms with Crippen LogP contribution in [-0.4, -0.2) is 28.9 Å². The molecular formula is C15H16N4O3S. The molecule has 0 unspecified atom stereocenters. The van der Waals surface area contributed by atoms with Crippen LogP contribution in [0.5, 0.6) is 0 Å². The predicted molar refractivity (Wildman–Crippen MR) is 88.0 cm³/mol. The molecule has 120 valence electrons. The van der Waals surface area contributed by atoms with Gasteiger partial charge in [0.05, 0.1) is 4.92 Å². The Balaban J connectivity index is 1.73. The van der Waals surface area contributed by atoms with Gasteiger partial charge < -0.3 is 5.32 Å². The number of carbonyl (C=O) groups excluding carboxylic acids is 1. The zero-order chi connectivity index (χ0) is 16.2. The van der Waals surface area contributed by atoms with Gasteiger partial charge in [0.2, 0.25) is 0 Å². The van der Waals surface area contributed by atoms with Crippen molar-refractivity contribution in [3.63, 3.8) is 0 Å². The highest BCUT2D eigenvalue weighted by atomic mass is 32.1. The molecule has 1 fully saturated rings. The lowest BCUT2D eigenvalue weighted by Gasteiger charge is -2.20. The Morgan fingerprint density at radius 1 is 1.35 bits per heavy atom. The number of rotatable bonds is 4. The van der Waals surface area contributed by atoms with Gasteiger partial charge in [0.15, 0.2) is 5.13 Å². The fraction of sp³-hybridized carbons (Fsp3) is 0.333. The van der Waals surface area contributed by atoms with Crippen molar-refractivity contribution in [2.75, 3.05) is 18.4 Å². The molecule has 0 spiro atoms. The maximum atomic E-state index is 12.3. The predicted octanol–water partition coefficient (Wildman–Crippen LogP) is 2.77. The molecule has 7 nitrogen and oxygen atoms in total. The Labute approximate surface area is 136 Å². The van der Waals surface area contributed by atoms with E-state index < -0.39 is 10.8 Å². The van der Waals surface area contributed by atoms with Crippen LogP contribution in [0.15, 0.2) is 30.5 Å². The van der Waals surface area contributed by atoms with E-state index in [0.717, 1.165) is 30.8 Å². The Morgan fingerprint density at radius 3 is 2.83 bits per heavy atom. The largest absolute Gasteiger partial charge is 0.317 e. The average Bonchev–Trinajstić information content (AvgIpc) is 3.04. The molecule has 1 amide bonds. The normalized spacial score (nSPS) is 15.3. The van der Waals surface area contributed by atoms with Crippen LogP contribution in [0.1, 0.15) is 34.0 Å². The lowest BCUT2D eigenvalue weighted by Crippen LogP contribution is -2.26.